The van der Waals surface area contributed by atoms with Crippen LogP contribution in [0.1, 0.15) is 92.2 Å². The second kappa shape index (κ2) is 19.9. The molecule has 5 aliphatic rings. The summed E-state index contributed by atoms with van der Waals surface area (Å²) in [6, 6.07) is 20.4. The van der Waals surface area contributed by atoms with Gasteiger partial charge in [-0.1, -0.05) is 55.9 Å². The number of allylic oxidation sites excluding steroid dienone is 3. The van der Waals surface area contributed by atoms with Gasteiger partial charge in [0.2, 0.25) is 5.75 Å². The number of ketones is 1. The molecule has 372 valence electrons. The van der Waals surface area contributed by atoms with E-state index in [1.54, 1.807) is 36.4 Å². The Morgan fingerprint density at radius 3 is 2.68 bits per heavy atom. The second-order valence-electron chi connectivity index (χ2n) is 21.0. The van der Waals surface area contributed by atoms with Crippen molar-refractivity contribution in [1.82, 2.24) is 15.6 Å². The van der Waals surface area contributed by atoms with E-state index < -0.39 is 28.8 Å². The first-order valence-corrected chi connectivity index (χ1v) is 25.5. The summed E-state index contributed by atoms with van der Waals surface area (Å²) in [6.07, 6.45) is 20.0. The Balaban J connectivity index is 1.16. The van der Waals surface area contributed by atoms with E-state index in [2.05, 4.69) is 76.4 Å². The molecule has 4 aromatic carbocycles. The number of aryl methyl sites for hydroxylation is 1. The highest BCUT2D eigenvalue weighted by atomic mass is 16.5. The number of hydrogen-bond donors (Lipinski definition) is 9. The van der Waals surface area contributed by atoms with Crippen molar-refractivity contribution >= 4 is 28.3 Å². The minimum Gasteiger partial charge on any atom is -0.508 e. The monoisotopic (exact) mass is 961 g/mol. The van der Waals surface area contributed by atoms with Gasteiger partial charge in [-0.05, 0) is 175 Å². The van der Waals surface area contributed by atoms with Crippen molar-refractivity contribution in [2.24, 2.45) is 29.1 Å². The Kier molecular flexibility index (Phi) is 13.4. The number of nitrogens with one attached hydrogen (secondary N) is 4. The minimum atomic E-state index is -1.08. The predicted molar refractivity (Wildman–Crippen MR) is 278 cm³/mol. The van der Waals surface area contributed by atoms with Gasteiger partial charge in [-0.15, -0.1) is 0 Å². The third-order valence-corrected chi connectivity index (χ3v) is 16.4. The number of aliphatic hydroxyl groups excluding tert-OH is 1. The number of aliphatic hydroxyl groups is 1. The van der Waals surface area contributed by atoms with Gasteiger partial charge in [0.1, 0.15) is 17.4 Å². The largest absolute Gasteiger partial charge is 0.508 e. The maximum Gasteiger partial charge on any atom is 0.200 e. The van der Waals surface area contributed by atoms with Gasteiger partial charge in [-0.25, -0.2) is 0 Å². The molecule has 0 saturated heterocycles. The molecule has 12 nitrogen and oxygen atoms in total. The van der Waals surface area contributed by atoms with Crippen LogP contribution in [0.4, 0.5) is 5.69 Å². The van der Waals surface area contributed by atoms with E-state index in [-0.39, 0.29) is 59.2 Å². The lowest BCUT2D eigenvalue weighted by Crippen LogP contribution is -2.48. The summed E-state index contributed by atoms with van der Waals surface area (Å²) < 4.78 is 11.9. The number of hydrogen-bond acceptors (Lipinski definition) is 11. The van der Waals surface area contributed by atoms with Gasteiger partial charge in [-0.3, -0.25) is 4.79 Å². The molecule has 8 atom stereocenters. The Morgan fingerprint density at radius 2 is 1.87 bits per heavy atom. The lowest BCUT2D eigenvalue weighted by Gasteiger charge is -2.46. The van der Waals surface area contributed by atoms with Crippen LogP contribution in [0.25, 0.3) is 16.8 Å². The van der Waals surface area contributed by atoms with Crippen LogP contribution in [0.2, 0.25) is 0 Å². The number of carbonyl (C=O) groups excluding carboxylic acids is 1. The van der Waals surface area contributed by atoms with Crippen LogP contribution < -0.4 is 25.4 Å². The van der Waals surface area contributed by atoms with Crippen molar-refractivity contribution in [2.75, 3.05) is 39.2 Å². The molecule has 1 spiro atoms. The number of phenolic OH excluding ortho intramolecular Hbond substituents is 4. The summed E-state index contributed by atoms with van der Waals surface area (Å²) in [4.78, 5) is 19.9. The molecule has 3 heterocycles. The van der Waals surface area contributed by atoms with E-state index in [0.717, 1.165) is 75.9 Å². The number of benzene rings is 4. The average molecular weight is 961 g/mol. The summed E-state index contributed by atoms with van der Waals surface area (Å²) in [7, 11) is 3.44. The number of aromatic amines is 1. The SMILES string of the molecule is CNC[C@@]12C=Cc3cc(O)cc4ccc(c1c34)NC1=CC(=CCN1)[C@]1(CCC[C@@H]1Cc1ccc[nH]1)[C@@H]([C@H](O)CCc1ccc(O)c(OC)c1)C(=O)C[C@@H](c1cc(O)c(O)c(OC[C@H]3C=CC[C@H](C)C3)c1)C2. The number of ether oxygens (including phenoxy) is 2. The number of phenols is 4. The number of carbonyl (C=O) groups is 1. The minimum absolute atomic E-state index is 0.0147. The fourth-order valence-corrected chi connectivity index (χ4v) is 13.3. The average Bonchev–Trinajstić information content (AvgIpc) is 4.04. The first-order valence-electron chi connectivity index (χ1n) is 25.5. The molecule has 0 amide bonds. The van der Waals surface area contributed by atoms with Crippen LogP contribution in [0.5, 0.6) is 34.5 Å². The molecule has 1 aromatic heterocycles. The summed E-state index contributed by atoms with van der Waals surface area (Å²) in [6.45, 7) is 3.52. The molecule has 71 heavy (non-hydrogen) atoms. The van der Waals surface area contributed by atoms with Crippen LogP contribution in [-0.4, -0.2) is 76.3 Å². The molecule has 2 bridgehead atoms. The zero-order valence-corrected chi connectivity index (χ0v) is 41.0. The molecule has 1 saturated carbocycles. The summed E-state index contributed by atoms with van der Waals surface area (Å²) in [5, 5.41) is 70.5. The third-order valence-electron chi connectivity index (χ3n) is 16.4. The Hall–Kier alpha value is -6.63. The molecule has 2 aliphatic heterocycles. The number of rotatable bonds is 13. The zero-order chi connectivity index (χ0) is 49.4. The fraction of sp³-hybridized carbons (Fsp3) is 0.407. The number of anilines is 1. The highest BCUT2D eigenvalue weighted by Crippen LogP contribution is 2.59. The highest BCUT2D eigenvalue weighted by Gasteiger charge is 2.56. The molecule has 12 heteroatoms. The van der Waals surface area contributed by atoms with Crippen molar-refractivity contribution in [3.63, 3.8) is 0 Å². The van der Waals surface area contributed by atoms with Gasteiger partial charge in [0.15, 0.2) is 23.0 Å². The van der Waals surface area contributed by atoms with Crippen molar-refractivity contribution in [3.05, 3.63) is 143 Å². The van der Waals surface area contributed by atoms with Crippen molar-refractivity contribution < 1.29 is 39.8 Å². The van der Waals surface area contributed by atoms with Gasteiger partial charge in [-0.2, -0.15) is 0 Å². The first kappa shape index (κ1) is 48.0. The van der Waals surface area contributed by atoms with Gasteiger partial charge in [0.25, 0.3) is 0 Å². The lowest BCUT2D eigenvalue weighted by molar-refractivity contribution is -0.134. The fourth-order valence-electron chi connectivity index (χ4n) is 13.3. The van der Waals surface area contributed by atoms with E-state index >= 15 is 4.79 Å². The van der Waals surface area contributed by atoms with Crippen molar-refractivity contribution in [1.29, 1.82) is 0 Å². The van der Waals surface area contributed by atoms with Gasteiger partial charge in [0.05, 0.1) is 25.7 Å². The van der Waals surface area contributed by atoms with E-state index in [4.69, 9.17) is 9.47 Å². The van der Waals surface area contributed by atoms with Crippen LogP contribution in [0, 0.1) is 29.1 Å². The predicted octanol–water partition coefficient (Wildman–Crippen LogP) is 10.0. The number of Topliss-reactive ketones (excluding diaryl/α,β-unsaturated/α-hetero) is 1. The number of methoxy groups -OCH3 is 1. The number of aromatic nitrogens is 1. The normalized spacial score (nSPS) is 26.4. The molecule has 0 unspecified atom stereocenters. The van der Waals surface area contributed by atoms with E-state index in [9.17, 15) is 25.5 Å². The standard InChI is InChI=1S/C59H68N4O8/c1-35-7-4-8-37(23-35)33-71-52-29-40(27-50(68)57(52)69)41-28-49(67)56(48(66)16-12-36-11-15-47(65)51(24-36)70-3)59(19-5-9-42(59)30-44-10-6-21-61-44)43-18-22-62-53(31-43)63-46-14-13-38-25-45(64)26-39-17-20-58(32-41,34-60-2)55(46)54(38)39/h4,6,8,10-11,13-15,17-18,20-21,24-27,29,31,35,37,41-42,48,56,60-66,68-69H,5,7,9,12,16,19,22-23,28,30,32-34H2,1-3H3/t35-,37-,41+,42+,48+,56-,58-,59+/m0/s1. The smallest absolute Gasteiger partial charge is 0.200 e. The summed E-state index contributed by atoms with van der Waals surface area (Å²) in [5.41, 5.74) is 4.80. The van der Waals surface area contributed by atoms with Gasteiger partial charge >= 0.3 is 0 Å². The molecule has 1 fully saturated rings. The number of aromatic hydroxyl groups is 4. The van der Waals surface area contributed by atoms with Crippen molar-refractivity contribution in [3.8, 4) is 34.5 Å². The molecule has 3 aliphatic carbocycles. The third kappa shape index (κ3) is 9.28. The van der Waals surface area contributed by atoms with E-state index in [1.807, 2.05) is 31.4 Å². The Morgan fingerprint density at radius 1 is 1.00 bits per heavy atom. The number of dihydropyridines is 1. The van der Waals surface area contributed by atoms with Crippen LogP contribution in [-0.2, 0) is 23.1 Å². The first-order chi connectivity index (χ1) is 34.4. The number of H-pyrrole nitrogens is 1. The molecular weight excluding hydrogens is 893 g/mol. The molecule has 5 aromatic rings. The summed E-state index contributed by atoms with van der Waals surface area (Å²) >= 11 is 0. The quantitative estimate of drug-likeness (QED) is 0.0404. The molecule has 9 N–H and O–H groups in total. The Labute approximate surface area is 416 Å². The van der Waals surface area contributed by atoms with E-state index in [0.29, 0.717) is 62.6 Å². The van der Waals surface area contributed by atoms with Gasteiger partial charge < -0.3 is 55.9 Å². The van der Waals surface area contributed by atoms with Crippen LogP contribution in [0.3, 0.4) is 0 Å². The van der Waals surface area contributed by atoms with Crippen LogP contribution in [0.15, 0.2) is 115 Å². The summed E-state index contributed by atoms with van der Waals surface area (Å²) in [5.74, 6) is -0.0661. The molecule has 0 radical (unpaired) electrons. The highest BCUT2D eigenvalue weighted by molar-refractivity contribution is 6.01. The lowest BCUT2D eigenvalue weighted by atomic mass is 9.57. The molecular formula is C59H68N4O8. The Bertz CT molecular complexity index is 2920. The van der Waals surface area contributed by atoms with Crippen LogP contribution >= 0.6 is 0 Å². The zero-order valence-electron chi connectivity index (χ0n) is 41.0. The number of likely N-dealkylation sites (N-methyl/N-ethyl adjacent to an activating group) is 1. The van der Waals surface area contributed by atoms with Crippen molar-refractivity contribution in [2.45, 2.75) is 88.6 Å². The number of fused-ring (bicyclic) bond motifs is 2. The maximum absolute atomic E-state index is 16.4. The van der Waals surface area contributed by atoms with E-state index in [1.165, 1.54) is 7.11 Å². The topological polar surface area (TPSA) is 189 Å². The second-order valence-corrected chi connectivity index (χ2v) is 21.0. The molecule has 10 rings (SSSR count). The van der Waals surface area contributed by atoms with Gasteiger partial charge in [0, 0.05) is 53.8 Å². The maximum atomic E-state index is 16.4.